The smallest absolute Gasteiger partial charge is 0.295 e. The van der Waals surface area contributed by atoms with E-state index in [4.69, 9.17) is 9.47 Å². The van der Waals surface area contributed by atoms with Crippen LogP contribution in [0.1, 0.15) is 37.4 Å². The van der Waals surface area contributed by atoms with Crippen molar-refractivity contribution in [2.24, 2.45) is 0 Å². The molecular weight excluding hydrogens is 454 g/mol. The molecule has 2 aromatic rings. The molecule has 10 heteroatoms. The van der Waals surface area contributed by atoms with E-state index in [1.807, 2.05) is 0 Å². The van der Waals surface area contributed by atoms with Crippen LogP contribution >= 0.6 is 0 Å². The summed E-state index contributed by atoms with van der Waals surface area (Å²) in [6, 6.07) is 9.56. The molecule has 2 aliphatic rings. The molecule has 0 saturated carbocycles. The standard InChI is InChI=1S/C25H27N3O7/c1-3-26(4-2)12-5-13-27-22(16-6-9-18(10-7-16)28(32)33)21(24(30)25(27)31)23(29)17-8-11-19-20(14-17)35-15-34-19/h6-11,14,22,29H,3-5,12-13,15H2,1-2H3. The molecule has 2 aromatic carbocycles. The number of likely N-dealkylation sites (tertiary alicyclic amines) is 1. The molecule has 1 atom stereocenters. The molecule has 10 nitrogen and oxygen atoms in total. The third-order valence-corrected chi connectivity index (χ3v) is 6.37. The van der Waals surface area contributed by atoms with Gasteiger partial charge in [0.25, 0.3) is 17.4 Å². The fourth-order valence-electron chi connectivity index (χ4n) is 4.44. The second-order valence-corrected chi connectivity index (χ2v) is 8.29. The number of nitro benzene ring substituents is 1. The molecule has 4 rings (SSSR count). The van der Waals surface area contributed by atoms with Gasteiger partial charge in [0.05, 0.1) is 16.5 Å². The minimum Gasteiger partial charge on any atom is -0.507 e. The number of aliphatic hydroxyl groups is 1. The fourth-order valence-corrected chi connectivity index (χ4v) is 4.44. The van der Waals surface area contributed by atoms with Crippen LogP contribution in [0.15, 0.2) is 48.0 Å². The number of carbonyl (C=O) groups is 2. The van der Waals surface area contributed by atoms with Crippen LogP contribution in [0.25, 0.3) is 5.76 Å². The number of ketones is 1. The van der Waals surface area contributed by atoms with Gasteiger partial charge >= 0.3 is 0 Å². The Morgan fingerprint density at radius 3 is 2.46 bits per heavy atom. The van der Waals surface area contributed by atoms with E-state index in [-0.39, 0.29) is 23.8 Å². The highest BCUT2D eigenvalue weighted by molar-refractivity contribution is 6.46. The van der Waals surface area contributed by atoms with Crippen LogP contribution in [0, 0.1) is 10.1 Å². The topological polar surface area (TPSA) is 122 Å². The predicted molar refractivity (Wildman–Crippen MR) is 127 cm³/mol. The summed E-state index contributed by atoms with van der Waals surface area (Å²) in [5.74, 6) is -0.905. The number of nitrogens with zero attached hydrogens (tertiary/aromatic N) is 3. The van der Waals surface area contributed by atoms with Gasteiger partial charge < -0.3 is 24.4 Å². The van der Waals surface area contributed by atoms with Crippen molar-refractivity contribution in [2.75, 3.05) is 33.0 Å². The number of amides is 1. The van der Waals surface area contributed by atoms with Crippen LogP contribution in [-0.4, -0.2) is 64.5 Å². The van der Waals surface area contributed by atoms with Crippen LogP contribution in [0.3, 0.4) is 0 Å². The van der Waals surface area contributed by atoms with Gasteiger partial charge in [-0.3, -0.25) is 19.7 Å². The van der Waals surface area contributed by atoms with Gasteiger partial charge in [-0.05, 0) is 62.0 Å². The van der Waals surface area contributed by atoms with Crippen LogP contribution in [0.5, 0.6) is 11.5 Å². The Kier molecular flexibility index (Phi) is 7.02. The number of hydrogen-bond acceptors (Lipinski definition) is 8. The molecule has 0 aromatic heterocycles. The normalized spacial score (nSPS) is 18.5. The molecule has 35 heavy (non-hydrogen) atoms. The number of non-ortho nitro benzene ring substituents is 1. The lowest BCUT2D eigenvalue weighted by molar-refractivity contribution is -0.384. The van der Waals surface area contributed by atoms with Crippen molar-refractivity contribution >= 4 is 23.1 Å². The number of hydrogen-bond donors (Lipinski definition) is 1. The van der Waals surface area contributed by atoms with Crippen molar-refractivity contribution in [3.05, 3.63) is 69.3 Å². The third kappa shape index (κ3) is 4.69. The Labute approximate surface area is 202 Å². The average molecular weight is 482 g/mol. The number of ether oxygens (including phenoxy) is 2. The highest BCUT2D eigenvalue weighted by Crippen LogP contribution is 2.41. The Hall–Kier alpha value is -3.92. The quantitative estimate of drug-likeness (QED) is 0.190. The minimum absolute atomic E-state index is 0.0548. The van der Waals surface area contributed by atoms with E-state index < -0.39 is 22.7 Å². The van der Waals surface area contributed by atoms with Gasteiger partial charge in [-0.2, -0.15) is 0 Å². The summed E-state index contributed by atoms with van der Waals surface area (Å²) < 4.78 is 10.7. The van der Waals surface area contributed by atoms with Crippen molar-refractivity contribution in [1.82, 2.24) is 9.80 Å². The Morgan fingerprint density at radius 1 is 1.11 bits per heavy atom. The maximum atomic E-state index is 13.1. The number of fused-ring (bicyclic) bond motifs is 1. The first-order chi connectivity index (χ1) is 16.8. The van der Waals surface area contributed by atoms with Crippen molar-refractivity contribution in [1.29, 1.82) is 0 Å². The molecule has 0 spiro atoms. The zero-order chi connectivity index (χ0) is 25.1. The Balaban J connectivity index is 1.74. The number of Topliss-reactive ketones (excluding diaryl/α,β-unsaturated/α-hetero) is 1. The van der Waals surface area contributed by atoms with Crippen LogP contribution in [-0.2, 0) is 9.59 Å². The third-order valence-electron chi connectivity index (χ3n) is 6.37. The van der Waals surface area contributed by atoms with Crippen molar-refractivity contribution < 1.29 is 29.1 Å². The summed E-state index contributed by atoms with van der Waals surface area (Å²) in [6.45, 7) is 6.93. The van der Waals surface area contributed by atoms with Crippen molar-refractivity contribution in [3.8, 4) is 11.5 Å². The van der Waals surface area contributed by atoms with Gasteiger partial charge in [-0.25, -0.2) is 0 Å². The zero-order valence-corrected chi connectivity index (χ0v) is 19.6. The van der Waals surface area contributed by atoms with Gasteiger partial charge in [0.15, 0.2) is 11.5 Å². The molecule has 1 saturated heterocycles. The van der Waals surface area contributed by atoms with E-state index in [0.717, 1.165) is 19.6 Å². The molecule has 0 aliphatic carbocycles. The Morgan fingerprint density at radius 2 is 1.80 bits per heavy atom. The molecule has 1 amide bonds. The fraction of sp³-hybridized carbons (Fsp3) is 0.360. The number of rotatable bonds is 9. The highest BCUT2D eigenvalue weighted by Gasteiger charge is 2.46. The first kappa shape index (κ1) is 24.2. The van der Waals surface area contributed by atoms with Gasteiger partial charge in [-0.1, -0.05) is 13.8 Å². The molecule has 0 bridgehead atoms. The summed E-state index contributed by atoms with van der Waals surface area (Å²) in [5.41, 5.74) is 0.635. The summed E-state index contributed by atoms with van der Waals surface area (Å²) in [5, 5.41) is 22.3. The second kappa shape index (κ2) is 10.1. The molecule has 1 N–H and O–H groups in total. The molecule has 0 radical (unpaired) electrons. The molecule has 1 unspecified atom stereocenters. The largest absolute Gasteiger partial charge is 0.507 e. The van der Waals surface area contributed by atoms with E-state index in [2.05, 4.69) is 18.7 Å². The molecular formula is C25H27N3O7. The maximum absolute atomic E-state index is 13.1. The number of nitro groups is 1. The van der Waals surface area contributed by atoms with Crippen LogP contribution < -0.4 is 9.47 Å². The highest BCUT2D eigenvalue weighted by atomic mass is 16.7. The second-order valence-electron chi connectivity index (χ2n) is 8.29. The van der Waals surface area contributed by atoms with Gasteiger partial charge in [0.2, 0.25) is 6.79 Å². The number of benzene rings is 2. The van der Waals surface area contributed by atoms with E-state index in [1.165, 1.54) is 29.2 Å². The summed E-state index contributed by atoms with van der Waals surface area (Å²) >= 11 is 0. The average Bonchev–Trinajstić information content (AvgIpc) is 3.44. The molecule has 184 valence electrons. The summed E-state index contributed by atoms with van der Waals surface area (Å²) in [6.07, 6.45) is 0.627. The lowest BCUT2D eigenvalue weighted by Gasteiger charge is -2.26. The predicted octanol–water partition coefficient (Wildman–Crippen LogP) is 3.48. The van der Waals surface area contributed by atoms with Crippen molar-refractivity contribution in [3.63, 3.8) is 0 Å². The van der Waals surface area contributed by atoms with Crippen LogP contribution in [0.4, 0.5) is 5.69 Å². The minimum atomic E-state index is -0.877. The molecule has 2 aliphatic heterocycles. The van der Waals surface area contributed by atoms with Crippen molar-refractivity contribution in [2.45, 2.75) is 26.3 Å². The first-order valence-corrected chi connectivity index (χ1v) is 11.5. The van der Waals surface area contributed by atoms with E-state index in [1.54, 1.807) is 18.2 Å². The van der Waals surface area contributed by atoms with Gasteiger partial charge in [0.1, 0.15) is 5.76 Å². The van der Waals surface area contributed by atoms with E-state index in [9.17, 15) is 24.8 Å². The first-order valence-electron chi connectivity index (χ1n) is 11.5. The van der Waals surface area contributed by atoms with E-state index in [0.29, 0.717) is 35.6 Å². The number of carbonyl (C=O) groups excluding carboxylic acids is 2. The monoisotopic (exact) mass is 481 g/mol. The lowest BCUT2D eigenvalue weighted by Crippen LogP contribution is -2.33. The summed E-state index contributed by atoms with van der Waals surface area (Å²) in [4.78, 5) is 40.5. The van der Waals surface area contributed by atoms with Gasteiger partial charge in [0, 0.05) is 24.2 Å². The maximum Gasteiger partial charge on any atom is 0.295 e. The van der Waals surface area contributed by atoms with E-state index >= 15 is 0 Å². The Bertz CT molecular complexity index is 1170. The molecule has 2 heterocycles. The molecule has 1 fully saturated rings. The SMILES string of the molecule is CCN(CC)CCCN1C(=O)C(=O)C(=C(O)c2ccc3c(c2)OCO3)C1c1ccc([N+](=O)[O-])cc1. The number of aliphatic hydroxyl groups excluding tert-OH is 1. The van der Waals surface area contributed by atoms with Crippen LogP contribution in [0.2, 0.25) is 0 Å². The zero-order valence-electron chi connectivity index (χ0n) is 19.6. The van der Waals surface area contributed by atoms with Gasteiger partial charge in [-0.15, -0.1) is 0 Å². The lowest BCUT2D eigenvalue weighted by atomic mass is 9.95. The summed E-state index contributed by atoms with van der Waals surface area (Å²) in [7, 11) is 0.